The van der Waals surface area contributed by atoms with E-state index in [1.807, 2.05) is 0 Å². The Balaban J connectivity index is 1.86. The number of benzene rings is 2. The van der Waals surface area contributed by atoms with Gasteiger partial charge in [0.25, 0.3) is 0 Å². The van der Waals surface area contributed by atoms with Crippen LogP contribution in [0.25, 0.3) is 5.57 Å². The lowest BCUT2D eigenvalue weighted by atomic mass is 9.99. The van der Waals surface area contributed by atoms with Crippen LogP contribution in [-0.2, 0) is 12.8 Å². The van der Waals surface area contributed by atoms with Crippen LogP contribution in [0.3, 0.4) is 0 Å². The van der Waals surface area contributed by atoms with E-state index in [4.69, 9.17) is 0 Å². The quantitative estimate of drug-likeness (QED) is 0.712. The van der Waals surface area contributed by atoms with Gasteiger partial charge in [-0.05, 0) is 42.0 Å². The lowest BCUT2D eigenvalue weighted by molar-refractivity contribution is 1.27. The van der Waals surface area contributed by atoms with E-state index in [0.717, 1.165) is 12.8 Å². The summed E-state index contributed by atoms with van der Waals surface area (Å²) < 4.78 is 0. The molecular weight excluding hydrogens is 204 g/mol. The molecule has 0 unspecified atom stereocenters. The van der Waals surface area contributed by atoms with Gasteiger partial charge >= 0.3 is 0 Å². The third-order valence-corrected chi connectivity index (χ3v) is 3.45. The molecule has 84 valence electrons. The maximum Gasteiger partial charge on any atom is -0.00228 e. The van der Waals surface area contributed by atoms with Gasteiger partial charge in [0.2, 0.25) is 0 Å². The number of fused-ring (bicyclic) bond motifs is 1. The Morgan fingerprint density at radius 3 is 2.53 bits per heavy atom. The zero-order chi connectivity index (χ0) is 11.7. The zero-order valence-corrected chi connectivity index (χ0v) is 10.1. The van der Waals surface area contributed by atoms with Crippen molar-refractivity contribution in [3.63, 3.8) is 0 Å². The molecule has 0 radical (unpaired) electrons. The van der Waals surface area contributed by atoms with Crippen molar-refractivity contribution in [1.29, 1.82) is 0 Å². The Bertz CT molecular complexity index is 559. The summed E-state index contributed by atoms with van der Waals surface area (Å²) in [6.45, 7) is 2.13. The molecule has 0 heteroatoms. The molecule has 0 amide bonds. The average molecular weight is 220 g/mol. The Hall–Kier alpha value is -1.82. The second-order valence-electron chi connectivity index (χ2n) is 4.75. The van der Waals surface area contributed by atoms with Crippen LogP contribution in [0.15, 0.2) is 54.6 Å². The summed E-state index contributed by atoms with van der Waals surface area (Å²) >= 11 is 0. The molecule has 0 fully saturated rings. The first-order chi connectivity index (χ1) is 8.33. The van der Waals surface area contributed by atoms with Crippen LogP contribution in [-0.4, -0.2) is 0 Å². The van der Waals surface area contributed by atoms with E-state index >= 15 is 0 Å². The third-order valence-electron chi connectivity index (χ3n) is 3.45. The summed E-state index contributed by atoms with van der Waals surface area (Å²) in [5.41, 5.74) is 7.11. The normalized spacial score (nSPS) is 13.4. The topological polar surface area (TPSA) is 0 Å². The molecule has 0 saturated carbocycles. The smallest absolute Gasteiger partial charge is 0.00228 e. The number of hydrogen-bond acceptors (Lipinski definition) is 0. The molecule has 3 rings (SSSR count). The van der Waals surface area contributed by atoms with Crippen molar-refractivity contribution in [3.05, 3.63) is 76.9 Å². The molecule has 2 aromatic rings. The zero-order valence-electron chi connectivity index (χ0n) is 10.1. The van der Waals surface area contributed by atoms with Crippen molar-refractivity contribution < 1.29 is 0 Å². The van der Waals surface area contributed by atoms with Crippen molar-refractivity contribution in [1.82, 2.24) is 0 Å². The largest absolute Gasteiger partial charge is 0.0759 e. The van der Waals surface area contributed by atoms with Crippen molar-refractivity contribution in [3.8, 4) is 0 Å². The monoisotopic (exact) mass is 220 g/mol. The Morgan fingerprint density at radius 1 is 0.941 bits per heavy atom. The van der Waals surface area contributed by atoms with Gasteiger partial charge in [0.05, 0.1) is 0 Å². The van der Waals surface area contributed by atoms with Crippen LogP contribution in [0.4, 0.5) is 0 Å². The van der Waals surface area contributed by atoms with E-state index < -0.39 is 0 Å². The highest BCUT2D eigenvalue weighted by Gasteiger charge is 2.12. The molecule has 0 aromatic heterocycles. The third kappa shape index (κ3) is 2.03. The summed E-state index contributed by atoms with van der Waals surface area (Å²) in [5, 5.41) is 0. The Morgan fingerprint density at radius 2 is 1.71 bits per heavy atom. The van der Waals surface area contributed by atoms with Crippen LogP contribution in [0.2, 0.25) is 0 Å². The van der Waals surface area contributed by atoms with Gasteiger partial charge < -0.3 is 0 Å². The van der Waals surface area contributed by atoms with Crippen molar-refractivity contribution in [2.45, 2.75) is 19.8 Å². The SMILES string of the molecule is Cc1ccc(CC2=CCc3ccccc32)cc1. The van der Waals surface area contributed by atoms with Crippen LogP contribution >= 0.6 is 0 Å². The summed E-state index contributed by atoms with van der Waals surface area (Å²) in [7, 11) is 0. The number of hydrogen-bond donors (Lipinski definition) is 0. The number of rotatable bonds is 2. The first kappa shape index (κ1) is 10.3. The maximum atomic E-state index is 2.37. The molecule has 0 saturated heterocycles. The van der Waals surface area contributed by atoms with Crippen molar-refractivity contribution in [2.75, 3.05) is 0 Å². The van der Waals surface area contributed by atoms with E-state index in [2.05, 4.69) is 61.5 Å². The molecule has 0 bridgehead atoms. The van der Waals surface area contributed by atoms with E-state index in [0.29, 0.717) is 0 Å². The van der Waals surface area contributed by atoms with E-state index in [-0.39, 0.29) is 0 Å². The highest BCUT2D eigenvalue weighted by Crippen LogP contribution is 2.29. The average Bonchev–Trinajstić information content (AvgIpc) is 2.76. The fourth-order valence-corrected chi connectivity index (χ4v) is 2.45. The van der Waals surface area contributed by atoms with Gasteiger partial charge in [0.15, 0.2) is 0 Å². The molecule has 2 aromatic carbocycles. The maximum absolute atomic E-state index is 2.37. The number of allylic oxidation sites excluding steroid dienone is 2. The molecule has 1 aliphatic carbocycles. The summed E-state index contributed by atoms with van der Waals surface area (Å²) in [4.78, 5) is 0. The minimum absolute atomic E-state index is 1.05. The predicted molar refractivity (Wildman–Crippen MR) is 73.0 cm³/mol. The minimum atomic E-state index is 1.05. The van der Waals surface area contributed by atoms with Crippen LogP contribution < -0.4 is 0 Å². The van der Waals surface area contributed by atoms with E-state index in [9.17, 15) is 0 Å². The molecule has 0 aliphatic heterocycles. The summed E-state index contributed by atoms with van der Waals surface area (Å²) in [5.74, 6) is 0. The van der Waals surface area contributed by atoms with E-state index in [1.165, 1.54) is 27.8 Å². The second kappa shape index (κ2) is 4.21. The first-order valence-corrected chi connectivity index (χ1v) is 6.16. The molecule has 17 heavy (non-hydrogen) atoms. The molecule has 0 atom stereocenters. The summed E-state index contributed by atoms with van der Waals surface area (Å²) in [6.07, 6.45) is 4.51. The number of aryl methyl sites for hydroxylation is 1. The van der Waals surface area contributed by atoms with Crippen molar-refractivity contribution >= 4 is 5.57 Å². The fraction of sp³-hybridized carbons (Fsp3) is 0.176. The highest BCUT2D eigenvalue weighted by molar-refractivity contribution is 5.74. The van der Waals surface area contributed by atoms with Crippen LogP contribution in [0.1, 0.15) is 22.3 Å². The van der Waals surface area contributed by atoms with Gasteiger partial charge in [0.1, 0.15) is 0 Å². The summed E-state index contributed by atoms with van der Waals surface area (Å²) in [6, 6.07) is 17.6. The van der Waals surface area contributed by atoms with Crippen molar-refractivity contribution in [2.24, 2.45) is 0 Å². The second-order valence-corrected chi connectivity index (χ2v) is 4.75. The first-order valence-electron chi connectivity index (χ1n) is 6.16. The van der Waals surface area contributed by atoms with Gasteiger partial charge in [-0.25, -0.2) is 0 Å². The molecular formula is C17H16. The van der Waals surface area contributed by atoms with E-state index in [1.54, 1.807) is 0 Å². The van der Waals surface area contributed by atoms with Crippen LogP contribution in [0, 0.1) is 6.92 Å². The lowest BCUT2D eigenvalue weighted by Crippen LogP contribution is -1.89. The van der Waals surface area contributed by atoms with Gasteiger partial charge in [-0.1, -0.05) is 60.2 Å². The van der Waals surface area contributed by atoms with Gasteiger partial charge in [-0.3, -0.25) is 0 Å². The molecule has 0 nitrogen and oxygen atoms in total. The molecule has 1 aliphatic rings. The van der Waals surface area contributed by atoms with Gasteiger partial charge in [0, 0.05) is 0 Å². The molecule has 0 N–H and O–H groups in total. The molecule has 0 heterocycles. The lowest BCUT2D eigenvalue weighted by Gasteiger charge is -2.06. The standard InChI is InChI=1S/C17H16/c1-13-6-8-14(9-7-13)12-16-11-10-15-4-2-3-5-17(15)16/h2-9,11H,10,12H2,1H3. The Labute approximate surface area is 103 Å². The van der Waals surface area contributed by atoms with Gasteiger partial charge in [-0.2, -0.15) is 0 Å². The highest BCUT2D eigenvalue weighted by atomic mass is 14.2. The Kier molecular flexibility index (Phi) is 2.56. The minimum Gasteiger partial charge on any atom is -0.0759 e. The fourth-order valence-electron chi connectivity index (χ4n) is 2.45. The van der Waals surface area contributed by atoms with Gasteiger partial charge in [-0.15, -0.1) is 0 Å². The molecule has 0 spiro atoms. The van der Waals surface area contributed by atoms with Crippen LogP contribution in [0.5, 0.6) is 0 Å². The predicted octanol–water partition coefficient (Wildman–Crippen LogP) is 4.18.